The number of pyridine rings is 1. The van der Waals surface area contributed by atoms with Crippen LogP contribution >= 0.6 is 0 Å². The van der Waals surface area contributed by atoms with Crippen molar-refractivity contribution in [2.45, 2.75) is 6.54 Å². The highest BCUT2D eigenvalue weighted by atomic mass is 16.3. The van der Waals surface area contributed by atoms with E-state index in [9.17, 15) is 4.79 Å². The van der Waals surface area contributed by atoms with Gasteiger partial charge in [0.2, 0.25) is 0 Å². The number of nitrogens with zero attached hydrogens (tertiary/aromatic N) is 2. The van der Waals surface area contributed by atoms with Crippen molar-refractivity contribution in [1.82, 2.24) is 10.3 Å². The zero-order valence-corrected chi connectivity index (χ0v) is 12.7. The van der Waals surface area contributed by atoms with E-state index in [-0.39, 0.29) is 5.91 Å². The van der Waals surface area contributed by atoms with Gasteiger partial charge in [0.15, 0.2) is 0 Å². The second-order valence-corrected chi connectivity index (χ2v) is 4.98. The van der Waals surface area contributed by atoms with Gasteiger partial charge in [-0.25, -0.2) is 4.98 Å². The van der Waals surface area contributed by atoms with Crippen molar-refractivity contribution in [3.8, 4) is 6.07 Å². The maximum atomic E-state index is 12.0. The van der Waals surface area contributed by atoms with E-state index in [1.54, 1.807) is 48.9 Å². The molecule has 1 aromatic carbocycles. The molecule has 0 fully saturated rings. The van der Waals surface area contributed by atoms with Gasteiger partial charge in [-0.1, -0.05) is 12.1 Å². The van der Waals surface area contributed by atoms with Crippen molar-refractivity contribution in [2.75, 3.05) is 5.32 Å². The number of benzene rings is 1. The Morgan fingerprint density at radius 3 is 2.75 bits per heavy atom. The largest absolute Gasteiger partial charge is 0.467 e. The summed E-state index contributed by atoms with van der Waals surface area (Å²) in [4.78, 5) is 16.2. The number of para-hydroxylation sites is 1. The van der Waals surface area contributed by atoms with Gasteiger partial charge in [-0.15, -0.1) is 0 Å². The highest BCUT2D eigenvalue weighted by Gasteiger charge is 2.08. The number of carbonyl (C=O) groups excluding carboxylic acids is 1. The number of amides is 1. The molecule has 0 saturated heterocycles. The molecule has 6 heteroatoms. The Kier molecular flexibility index (Phi) is 4.54. The minimum absolute atomic E-state index is 0.282. The molecule has 0 aliphatic rings. The molecule has 118 valence electrons. The maximum absolute atomic E-state index is 12.0. The fourth-order valence-corrected chi connectivity index (χ4v) is 2.12. The predicted molar refractivity (Wildman–Crippen MR) is 88.6 cm³/mol. The number of hydrogen-bond acceptors (Lipinski definition) is 5. The summed E-state index contributed by atoms with van der Waals surface area (Å²) in [6, 6.07) is 16.2. The van der Waals surface area contributed by atoms with Crippen LogP contribution < -0.4 is 10.6 Å². The first-order chi connectivity index (χ1) is 11.8. The van der Waals surface area contributed by atoms with E-state index in [4.69, 9.17) is 9.68 Å². The molecule has 2 heterocycles. The Bertz CT molecular complexity index is 865. The Hall–Kier alpha value is -3.59. The van der Waals surface area contributed by atoms with Crippen LogP contribution in [0.4, 0.5) is 11.4 Å². The minimum Gasteiger partial charge on any atom is -0.467 e. The summed E-state index contributed by atoms with van der Waals surface area (Å²) in [7, 11) is 0. The summed E-state index contributed by atoms with van der Waals surface area (Å²) in [5, 5.41) is 14.9. The van der Waals surface area contributed by atoms with Crippen LogP contribution in [-0.2, 0) is 6.54 Å². The molecule has 1 amide bonds. The SMILES string of the molecule is N#Cc1ccccc1Nc1ccc(C(=O)NCc2ccco2)nc1. The number of anilines is 2. The highest BCUT2D eigenvalue weighted by Crippen LogP contribution is 2.19. The van der Waals surface area contributed by atoms with Gasteiger partial charge < -0.3 is 15.1 Å². The Morgan fingerprint density at radius 1 is 1.17 bits per heavy atom. The maximum Gasteiger partial charge on any atom is 0.270 e. The molecule has 6 nitrogen and oxygen atoms in total. The molecule has 0 unspecified atom stereocenters. The van der Waals surface area contributed by atoms with Crippen molar-refractivity contribution < 1.29 is 9.21 Å². The lowest BCUT2D eigenvalue weighted by Crippen LogP contribution is -2.23. The molecule has 0 radical (unpaired) electrons. The second-order valence-electron chi connectivity index (χ2n) is 4.98. The first-order valence-corrected chi connectivity index (χ1v) is 7.29. The van der Waals surface area contributed by atoms with Crippen molar-refractivity contribution in [2.24, 2.45) is 0 Å². The molecular weight excluding hydrogens is 304 g/mol. The second kappa shape index (κ2) is 7.11. The highest BCUT2D eigenvalue weighted by molar-refractivity contribution is 5.92. The summed E-state index contributed by atoms with van der Waals surface area (Å²) in [6.45, 7) is 0.309. The first-order valence-electron chi connectivity index (χ1n) is 7.29. The van der Waals surface area contributed by atoms with Crippen LogP contribution in [0.25, 0.3) is 0 Å². The fraction of sp³-hybridized carbons (Fsp3) is 0.0556. The molecule has 2 aromatic heterocycles. The van der Waals surface area contributed by atoms with Crippen molar-refractivity contribution in [3.63, 3.8) is 0 Å². The van der Waals surface area contributed by atoms with Gasteiger partial charge in [0, 0.05) is 0 Å². The molecular formula is C18H14N4O2. The molecule has 24 heavy (non-hydrogen) atoms. The van der Waals surface area contributed by atoms with Crippen LogP contribution in [0.2, 0.25) is 0 Å². The molecule has 0 aliphatic heterocycles. The van der Waals surface area contributed by atoms with Crippen LogP contribution in [0.15, 0.2) is 65.4 Å². The van der Waals surface area contributed by atoms with E-state index in [1.165, 1.54) is 0 Å². The van der Waals surface area contributed by atoms with Crippen molar-refractivity contribution in [3.05, 3.63) is 78.0 Å². The Morgan fingerprint density at radius 2 is 2.04 bits per heavy atom. The van der Waals surface area contributed by atoms with Crippen LogP contribution in [0, 0.1) is 11.3 Å². The first kappa shape index (κ1) is 15.3. The Balaban J connectivity index is 1.64. The van der Waals surface area contributed by atoms with Gasteiger partial charge in [0.05, 0.1) is 35.9 Å². The molecule has 0 atom stereocenters. The van der Waals surface area contributed by atoms with Crippen molar-refractivity contribution in [1.29, 1.82) is 5.26 Å². The lowest BCUT2D eigenvalue weighted by atomic mass is 10.2. The normalized spacial score (nSPS) is 9.96. The lowest BCUT2D eigenvalue weighted by Gasteiger charge is -2.08. The molecule has 0 saturated carbocycles. The topological polar surface area (TPSA) is 91.0 Å². The number of nitrogens with one attached hydrogen (secondary N) is 2. The third-order valence-corrected chi connectivity index (χ3v) is 3.33. The van der Waals surface area contributed by atoms with E-state index < -0.39 is 0 Å². The van der Waals surface area contributed by atoms with E-state index in [0.717, 1.165) is 0 Å². The van der Waals surface area contributed by atoms with Crippen LogP contribution in [0.3, 0.4) is 0 Å². The molecule has 0 aliphatic carbocycles. The zero-order chi connectivity index (χ0) is 16.8. The summed E-state index contributed by atoms with van der Waals surface area (Å²) >= 11 is 0. The fourth-order valence-electron chi connectivity index (χ4n) is 2.12. The average Bonchev–Trinajstić information content (AvgIpc) is 3.14. The van der Waals surface area contributed by atoms with Gasteiger partial charge in [0.25, 0.3) is 5.91 Å². The third kappa shape index (κ3) is 3.59. The molecule has 0 spiro atoms. The summed E-state index contributed by atoms with van der Waals surface area (Å²) in [5.74, 6) is 0.394. The number of hydrogen-bond donors (Lipinski definition) is 2. The van der Waals surface area contributed by atoms with E-state index in [2.05, 4.69) is 21.7 Å². The van der Waals surface area contributed by atoms with Crippen molar-refractivity contribution >= 4 is 17.3 Å². The summed E-state index contributed by atoms with van der Waals surface area (Å²) in [6.07, 6.45) is 3.11. The molecule has 2 N–H and O–H groups in total. The van der Waals surface area contributed by atoms with Gasteiger partial charge >= 0.3 is 0 Å². The third-order valence-electron chi connectivity index (χ3n) is 3.33. The number of furan rings is 1. The number of nitriles is 1. The quantitative estimate of drug-likeness (QED) is 0.753. The monoisotopic (exact) mass is 318 g/mol. The predicted octanol–water partition coefficient (Wildman–Crippen LogP) is 3.22. The van der Waals surface area contributed by atoms with Gasteiger partial charge in [-0.05, 0) is 36.4 Å². The molecule has 0 bridgehead atoms. The van der Waals surface area contributed by atoms with Crippen LogP contribution in [0.5, 0.6) is 0 Å². The van der Waals surface area contributed by atoms with E-state index in [1.807, 2.05) is 12.1 Å². The summed E-state index contributed by atoms with van der Waals surface area (Å²) < 4.78 is 5.16. The Labute approximate surface area is 138 Å². The van der Waals surface area contributed by atoms with E-state index in [0.29, 0.717) is 34.9 Å². The van der Waals surface area contributed by atoms with E-state index >= 15 is 0 Å². The van der Waals surface area contributed by atoms with Gasteiger partial charge in [-0.2, -0.15) is 5.26 Å². The number of rotatable bonds is 5. The number of aromatic nitrogens is 1. The standard InChI is InChI=1S/C18H14N4O2/c19-10-13-4-1-2-6-16(13)22-14-7-8-17(20-11-14)18(23)21-12-15-5-3-9-24-15/h1-9,11,22H,12H2,(H,21,23). The molecule has 3 rings (SSSR count). The summed E-state index contributed by atoms with van der Waals surface area (Å²) in [5.41, 5.74) is 2.23. The smallest absolute Gasteiger partial charge is 0.270 e. The zero-order valence-electron chi connectivity index (χ0n) is 12.7. The van der Waals surface area contributed by atoms with Gasteiger partial charge in [0.1, 0.15) is 17.5 Å². The van der Waals surface area contributed by atoms with Crippen LogP contribution in [0.1, 0.15) is 21.8 Å². The lowest BCUT2D eigenvalue weighted by molar-refractivity contribution is 0.0943. The average molecular weight is 318 g/mol. The minimum atomic E-state index is -0.282. The molecule has 3 aromatic rings. The van der Waals surface area contributed by atoms with Crippen LogP contribution in [-0.4, -0.2) is 10.9 Å². The van der Waals surface area contributed by atoms with Gasteiger partial charge in [-0.3, -0.25) is 4.79 Å². The number of carbonyl (C=O) groups is 1.